The molecule has 0 unspecified atom stereocenters. The van der Waals surface area contributed by atoms with Crippen LogP contribution in [0.1, 0.15) is 32.0 Å². The van der Waals surface area contributed by atoms with Crippen LogP contribution in [-0.4, -0.2) is 21.2 Å². The van der Waals surface area contributed by atoms with E-state index in [-0.39, 0.29) is 12.3 Å². The molecule has 0 aliphatic rings. The Morgan fingerprint density at radius 3 is 2.86 bits per heavy atom. The second-order valence-electron chi connectivity index (χ2n) is 3.61. The molecule has 5 nitrogen and oxygen atoms in total. The van der Waals surface area contributed by atoms with Gasteiger partial charge in [0, 0.05) is 6.42 Å². The quantitative estimate of drug-likeness (QED) is 0.771. The lowest BCUT2D eigenvalue weighted by Gasteiger charge is -1.98. The van der Waals surface area contributed by atoms with Crippen molar-refractivity contribution in [3.63, 3.8) is 0 Å². The van der Waals surface area contributed by atoms with Crippen LogP contribution in [0.4, 0.5) is 0 Å². The number of hydrogen-bond donors (Lipinski definition) is 1. The third-order valence-corrected chi connectivity index (χ3v) is 1.76. The molecule has 1 aromatic heterocycles. The molecule has 0 saturated carbocycles. The Bertz CT molecular complexity index is 307. The van der Waals surface area contributed by atoms with Crippen LogP contribution in [0.3, 0.4) is 0 Å². The van der Waals surface area contributed by atoms with E-state index in [1.165, 1.54) is 0 Å². The molecular weight excluding hydrogens is 184 g/mol. The molecule has 0 atom stereocenters. The van der Waals surface area contributed by atoms with Crippen LogP contribution in [-0.2, 0) is 17.6 Å². The summed E-state index contributed by atoms with van der Waals surface area (Å²) < 4.78 is 4.77. The van der Waals surface area contributed by atoms with Gasteiger partial charge < -0.3 is 9.63 Å². The summed E-state index contributed by atoms with van der Waals surface area (Å²) in [7, 11) is 0. The fraction of sp³-hybridized carbons (Fsp3) is 0.667. The summed E-state index contributed by atoms with van der Waals surface area (Å²) in [5.41, 5.74) is 0. The molecule has 1 aromatic rings. The maximum Gasteiger partial charge on any atom is 0.312 e. The zero-order valence-corrected chi connectivity index (χ0v) is 8.36. The van der Waals surface area contributed by atoms with E-state index < -0.39 is 5.97 Å². The number of aliphatic carboxylic acids is 1. The highest BCUT2D eigenvalue weighted by molar-refractivity contribution is 5.68. The van der Waals surface area contributed by atoms with E-state index in [2.05, 4.69) is 24.0 Å². The number of rotatable bonds is 5. The molecule has 5 heteroatoms. The lowest BCUT2D eigenvalue weighted by Crippen LogP contribution is -2.00. The third-order valence-electron chi connectivity index (χ3n) is 1.76. The van der Waals surface area contributed by atoms with E-state index >= 15 is 0 Å². The van der Waals surface area contributed by atoms with Gasteiger partial charge in [-0.1, -0.05) is 19.0 Å². The summed E-state index contributed by atoms with van der Waals surface area (Å²) in [5.74, 6) is 0.395. The Hall–Kier alpha value is -1.39. The number of carboxylic acid groups (broad SMARTS) is 1. The average Bonchev–Trinajstić information content (AvgIpc) is 2.47. The zero-order chi connectivity index (χ0) is 10.6. The highest BCUT2D eigenvalue weighted by atomic mass is 16.5. The Morgan fingerprint density at radius 2 is 2.29 bits per heavy atom. The second-order valence-corrected chi connectivity index (χ2v) is 3.61. The van der Waals surface area contributed by atoms with Gasteiger partial charge in [0.1, 0.15) is 6.42 Å². The summed E-state index contributed by atoms with van der Waals surface area (Å²) in [6.07, 6.45) is 1.52. The van der Waals surface area contributed by atoms with Crippen molar-refractivity contribution in [1.82, 2.24) is 10.1 Å². The van der Waals surface area contributed by atoms with Crippen molar-refractivity contribution in [3.05, 3.63) is 11.7 Å². The number of aromatic nitrogens is 2. The summed E-state index contributed by atoms with van der Waals surface area (Å²) in [5, 5.41) is 12.2. The molecule has 0 spiro atoms. The maximum atomic E-state index is 10.3. The lowest BCUT2D eigenvalue weighted by molar-refractivity contribution is -0.136. The van der Waals surface area contributed by atoms with Gasteiger partial charge in [0.15, 0.2) is 5.82 Å². The van der Waals surface area contributed by atoms with Gasteiger partial charge in [0.2, 0.25) is 5.89 Å². The monoisotopic (exact) mass is 198 g/mol. The van der Waals surface area contributed by atoms with Crippen molar-refractivity contribution in [2.24, 2.45) is 5.92 Å². The van der Waals surface area contributed by atoms with E-state index in [9.17, 15) is 4.79 Å². The van der Waals surface area contributed by atoms with Crippen molar-refractivity contribution in [2.45, 2.75) is 33.1 Å². The molecule has 0 saturated heterocycles. The molecule has 0 amide bonds. The van der Waals surface area contributed by atoms with Crippen LogP contribution in [0.15, 0.2) is 4.52 Å². The normalized spacial score (nSPS) is 10.8. The van der Waals surface area contributed by atoms with Gasteiger partial charge >= 0.3 is 5.97 Å². The smallest absolute Gasteiger partial charge is 0.312 e. The number of carboxylic acids is 1. The van der Waals surface area contributed by atoms with Crippen LogP contribution >= 0.6 is 0 Å². The molecular formula is C9H14N2O3. The number of aryl methyl sites for hydroxylation is 1. The molecule has 0 aliphatic heterocycles. The summed E-state index contributed by atoms with van der Waals surface area (Å²) in [4.78, 5) is 14.3. The van der Waals surface area contributed by atoms with Crippen molar-refractivity contribution >= 4 is 5.97 Å². The first-order valence-corrected chi connectivity index (χ1v) is 4.61. The fourth-order valence-corrected chi connectivity index (χ4v) is 1.01. The molecule has 0 bridgehead atoms. The van der Waals surface area contributed by atoms with Crippen molar-refractivity contribution in [2.75, 3.05) is 0 Å². The topological polar surface area (TPSA) is 76.2 Å². The highest BCUT2D eigenvalue weighted by Gasteiger charge is 2.09. The predicted molar refractivity (Wildman–Crippen MR) is 48.8 cm³/mol. The van der Waals surface area contributed by atoms with E-state index in [0.717, 1.165) is 12.8 Å². The van der Waals surface area contributed by atoms with Crippen LogP contribution in [0.5, 0.6) is 0 Å². The SMILES string of the molecule is CC(C)CCc1noc(CC(=O)O)n1. The van der Waals surface area contributed by atoms with Crippen molar-refractivity contribution < 1.29 is 14.4 Å². The Morgan fingerprint density at radius 1 is 1.57 bits per heavy atom. The number of hydrogen-bond acceptors (Lipinski definition) is 4. The second kappa shape index (κ2) is 4.74. The van der Waals surface area contributed by atoms with Crippen molar-refractivity contribution in [1.29, 1.82) is 0 Å². The zero-order valence-electron chi connectivity index (χ0n) is 8.36. The number of nitrogens with zero attached hydrogens (tertiary/aromatic N) is 2. The van der Waals surface area contributed by atoms with Crippen LogP contribution < -0.4 is 0 Å². The molecule has 0 aliphatic carbocycles. The third kappa shape index (κ3) is 3.55. The lowest BCUT2D eigenvalue weighted by atomic mass is 10.1. The summed E-state index contributed by atoms with van der Waals surface area (Å²) in [6.45, 7) is 4.22. The average molecular weight is 198 g/mol. The summed E-state index contributed by atoms with van der Waals surface area (Å²) >= 11 is 0. The Kier molecular flexibility index (Phi) is 3.62. The molecule has 78 valence electrons. The van der Waals surface area contributed by atoms with Crippen LogP contribution in [0.25, 0.3) is 0 Å². The van der Waals surface area contributed by atoms with Gasteiger partial charge in [-0.3, -0.25) is 4.79 Å². The Balaban J connectivity index is 2.46. The van der Waals surface area contributed by atoms with Gasteiger partial charge in [-0.15, -0.1) is 0 Å². The van der Waals surface area contributed by atoms with Crippen LogP contribution in [0.2, 0.25) is 0 Å². The van der Waals surface area contributed by atoms with Gasteiger partial charge in [-0.2, -0.15) is 4.98 Å². The fourth-order valence-electron chi connectivity index (χ4n) is 1.01. The standard InChI is InChI=1S/C9H14N2O3/c1-6(2)3-4-7-10-8(14-11-7)5-9(12)13/h6H,3-5H2,1-2H3,(H,12,13). The molecule has 0 aromatic carbocycles. The molecule has 1 heterocycles. The number of carbonyl (C=O) groups is 1. The Labute approximate surface area is 82.1 Å². The molecule has 0 radical (unpaired) electrons. The largest absolute Gasteiger partial charge is 0.481 e. The van der Waals surface area contributed by atoms with E-state index in [1.54, 1.807) is 0 Å². The minimum atomic E-state index is -0.955. The molecule has 14 heavy (non-hydrogen) atoms. The first-order chi connectivity index (χ1) is 6.58. The minimum Gasteiger partial charge on any atom is -0.481 e. The van der Waals surface area contributed by atoms with E-state index in [1.807, 2.05) is 0 Å². The van der Waals surface area contributed by atoms with Gasteiger partial charge in [0.25, 0.3) is 0 Å². The minimum absolute atomic E-state index is 0.177. The van der Waals surface area contributed by atoms with Gasteiger partial charge in [0.05, 0.1) is 0 Å². The van der Waals surface area contributed by atoms with E-state index in [4.69, 9.17) is 9.63 Å². The van der Waals surface area contributed by atoms with Gasteiger partial charge in [-0.25, -0.2) is 0 Å². The molecule has 0 fully saturated rings. The summed E-state index contributed by atoms with van der Waals surface area (Å²) in [6, 6.07) is 0. The maximum absolute atomic E-state index is 10.3. The highest BCUT2D eigenvalue weighted by Crippen LogP contribution is 2.06. The van der Waals surface area contributed by atoms with Gasteiger partial charge in [-0.05, 0) is 12.3 Å². The van der Waals surface area contributed by atoms with E-state index in [0.29, 0.717) is 11.7 Å². The molecule has 1 N–H and O–H groups in total. The first-order valence-electron chi connectivity index (χ1n) is 4.61. The predicted octanol–water partition coefficient (Wildman–Crippen LogP) is 1.29. The van der Waals surface area contributed by atoms with Crippen LogP contribution in [0, 0.1) is 5.92 Å². The first kappa shape index (κ1) is 10.7. The van der Waals surface area contributed by atoms with Crippen molar-refractivity contribution in [3.8, 4) is 0 Å². The molecule has 1 rings (SSSR count).